The topological polar surface area (TPSA) is 52.6 Å². The summed E-state index contributed by atoms with van der Waals surface area (Å²) in [6.45, 7) is 4.09. The SMILES string of the molecule is CCCCCCCCCCCCCCCC(=O)OC(C)OC=O. The van der Waals surface area contributed by atoms with Gasteiger partial charge in [-0.3, -0.25) is 9.59 Å². The molecule has 4 nitrogen and oxygen atoms in total. The van der Waals surface area contributed by atoms with Gasteiger partial charge in [0.15, 0.2) is 0 Å². The van der Waals surface area contributed by atoms with Gasteiger partial charge in [0.1, 0.15) is 0 Å². The van der Waals surface area contributed by atoms with Crippen molar-refractivity contribution in [2.45, 2.75) is 110 Å². The van der Waals surface area contributed by atoms with Crippen LogP contribution in [0.3, 0.4) is 0 Å². The molecule has 4 heteroatoms. The number of carbonyl (C=O) groups excluding carboxylic acids is 2. The van der Waals surface area contributed by atoms with Gasteiger partial charge in [-0.25, -0.2) is 0 Å². The zero-order chi connectivity index (χ0) is 17.2. The second kappa shape index (κ2) is 17.3. The van der Waals surface area contributed by atoms with E-state index in [-0.39, 0.29) is 5.97 Å². The third-order valence-electron chi connectivity index (χ3n) is 4.03. The smallest absolute Gasteiger partial charge is 0.308 e. The molecule has 23 heavy (non-hydrogen) atoms. The molecule has 0 radical (unpaired) electrons. The Hall–Kier alpha value is -1.06. The predicted molar refractivity (Wildman–Crippen MR) is 93.0 cm³/mol. The lowest BCUT2D eigenvalue weighted by Gasteiger charge is -2.10. The molecule has 1 unspecified atom stereocenters. The molecule has 0 N–H and O–H groups in total. The number of carbonyl (C=O) groups is 2. The lowest BCUT2D eigenvalue weighted by molar-refractivity contribution is -0.176. The van der Waals surface area contributed by atoms with E-state index in [1.807, 2.05) is 0 Å². The molecule has 0 aromatic rings. The van der Waals surface area contributed by atoms with Crippen LogP contribution in [0.25, 0.3) is 0 Å². The van der Waals surface area contributed by atoms with Gasteiger partial charge in [0.25, 0.3) is 6.47 Å². The summed E-state index contributed by atoms with van der Waals surface area (Å²) in [5.74, 6) is -0.289. The summed E-state index contributed by atoms with van der Waals surface area (Å²) in [4.78, 5) is 21.5. The van der Waals surface area contributed by atoms with Crippen molar-refractivity contribution < 1.29 is 19.1 Å². The highest BCUT2D eigenvalue weighted by Crippen LogP contribution is 2.13. The van der Waals surface area contributed by atoms with Crippen molar-refractivity contribution in [1.29, 1.82) is 0 Å². The standard InChI is InChI=1S/C19H36O4/c1-3-4-5-6-7-8-9-10-11-12-13-14-15-16-19(21)23-18(2)22-17-20/h17-18H,3-16H2,1-2H3. The van der Waals surface area contributed by atoms with Crippen LogP contribution in [0, 0.1) is 0 Å². The number of hydrogen-bond donors (Lipinski definition) is 0. The summed E-state index contributed by atoms with van der Waals surface area (Å²) < 4.78 is 9.41. The average molecular weight is 328 g/mol. The molecular weight excluding hydrogens is 292 g/mol. The van der Waals surface area contributed by atoms with Gasteiger partial charge in [0.2, 0.25) is 6.29 Å². The molecule has 0 saturated carbocycles. The van der Waals surface area contributed by atoms with E-state index in [4.69, 9.17) is 4.74 Å². The molecule has 136 valence electrons. The highest BCUT2D eigenvalue weighted by Gasteiger charge is 2.08. The van der Waals surface area contributed by atoms with Crippen LogP contribution >= 0.6 is 0 Å². The molecule has 0 aliphatic carbocycles. The van der Waals surface area contributed by atoms with Crippen LogP contribution in [-0.4, -0.2) is 18.7 Å². The zero-order valence-electron chi connectivity index (χ0n) is 15.2. The summed E-state index contributed by atoms with van der Waals surface area (Å²) >= 11 is 0. The van der Waals surface area contributed by atoms with Crippen molar-refractivity contribution in [2.75, 3.05) is 0 Å². The van der Waals surface area contributed by atoms with Gasteiger partial charge < -0.3 is 9.47 Å². The summed E-state index contributed by atoms with van der Waals surface area (Å²) in [5.41, 5.74) is 0. The normalized spacial score (nSPS) is 11.9. The van der Waals surface area contributed by atoms with E-state index < -0.39 is 6.29 Å². The van der Waals surface area contributed by atoms with E-state index in [2.05, 4.69) is 11.7 Å². The fraction of sp³-hybridized carbons (Fsp3) is 0.895. The minimum absolute atomic E-state index is 0.289. The number of esters is 1. The molecule has 0 aromatic carbocycles. The van der Waals surface area contributed by atoms with Crippen molar-refractivity contribution in [1.82, 2.24) is 0 Å². The maximum absolute atomic E-state index is 11.4. The van der Waals surface area contributed by atoms with Crippen LogP contribution < -0.4 is 0 Å². The summed E-state index contributed by atoms with van der Waals surface area (Å²) in [6, 6.07) is 0. The second-order valence-corrected chi connectivity index (χ2v) is 6.28. The van der Waals surface area contributed by atoms with Crippen LogP contribution in [0.5, 0.6) is 0 Å². The maximum Gasteiger partial charge on any atom is 0.308 e. The molecule has 0 aliphatic rings. The monoisotopic (exact) mass is 328 g/mol. The van der Waals surface area contributed by atoms with E-state index in [0.717, 1.165) is 12.8 Å². The Balaban J connectivity index is 3.18. The van der Waals surface area contributed by atoms with E-state index in [1.54, 1.807) is 0 Å². The molecule has 0 bridgehead atoms. The van der Waals surface area contributed by atoms with Gasteiger partial charge in [0.05, 0.1) is 0 Å². The third kappa shape index (κ3) is 17.1. The number of unbranched alkanes of at least 4 members (excludes halogenated alkanes) is 12. The van der Waals surface area contributed by atoms with Gasteiger partial charge in [0, 0.05) is 13.3 Å². The van der Waals surface area contributed by atoms with Crippen molar-refractivity contribution in [3.05, 3.63) is 0 Å². The van der Waals surface area contributed by atoms with E-state index in [9.17, 15) is 9.59 Å². The van der Waals surface area contributed by atoms with Gasteiger partial charge >= 0.3 is 5.97 Å². The molecule has 1 atom stereocenters. The van der Waals surface area contributed by atoms with Gasteiger partial charge in [-0.05, 0) is 6.42 Å². The lowest BCUT2D eigenvalue weighted by Crippen LogP contribution is -2.17. The first-order valence-corrected chi connectivity index (χ1v) is 9.49. The molecule has 0 fully saturated rings. The number of ether oxygens (including phenoxy) is 2. The first kappa shape index (κ1) is 21.9. The van der Waals surface area contributed by atoms with Crippen LogP contribution in [0.2, 0.25) is 0 Å². The highest BCUT2D eigenvalue weighted by molar-refractivity contribution is 5.69. The van der Waals surface area contributed by atoms with E-state index in [1.165, 1.54) is 77.6 Å². The fourth-order valence-corrected chi connectivity index (χ4v) is 2.64. The van der Waals surface area contributed by atoms with Crippen LogP contribution in [0.1, 0.15) is 104 Å². The fourth-order valence-electron chi connectivity index (χ4n) is 2.64. The molecule has 0 heterocycles. The van der Waals surface area contributed by atoms with Gasteiger partial charge in [-0.15, -0.1) is 0 Å². The second-order valence-electron chi connectivity index (χ2n) is 6.28. The van der Waals surface area contributed by atoms with Crippen molar-refractivity contribution in [3.63, 3.8) is 0 Å². The minimum atomic E-state index is -0.776. The van der Waals surface area contributed by atoms with Crippen molar-refractivity contribution >= 4 is 12.4 Å². The minimum Gasteiger partial charge on any atom is -0.428 e. The molecule has 0 spiro atoms. The first-order chi connectivity index (χ1) is 11.2. The molecule has 0 aliphatic heterocycles. The Morgan fingerprint density at radius 3 is 1.70 bits per heavy atom. The molecular formula is C19H36O4. The molecule has 0 amide bonds. The van der Waals surface area contributed by atoms with E-state index in [0.29, 0.717) is 12.9 Å². The molecule has 0 rings (SSSR count). The maximum atomic E-state index is 11.4. The third-order valence-corrected chi connectivity index (χ3v) is 4.03. The van der Waals surface area contributed by atoms with Gasteiger partial charge in [-0.1, -0.05) is 84.0 Å². The molecule has 0 aromatic heterocycles. The van der Waals surface area contributed by atoms with Gasteiger partial charge in [-0.2, -0.15) is 0 Å². The highest BCUT2D eigenvalue weighted by atomic mass is 16.7. The lowest BCUT2D eigenvalue weighted by atomic mass is 10.0. The van der Waals surface area contributed by atoms with Crippen LogP contribution in [-0.2, 0) is 19.1 Å². The van der Waals surface area contributed by atoms with Crippen molar-refractivity contribution in [3.8, 4) is 0 Å². The van der Waals surface area contributed by atoms with Crippen LogP contribution in [0.4, 0.5) is 0 Å². The average Bonchev–Trinajstić information content (AvgIpc) is 2.52. The largest absolute Gasteiger partial charge is 0.428 e. The predicted octanol–water partition coefficient (Wildman–Crippen LogP) is 5.53. The summed E-state index contributed by atoms with van der Waals surface area (Å²) in [7, 11) is 0. The van der Waals surface area contributed by atoms with E-state index >= 15 is 0 Å². The Labute approximate surface area is 142 Å². The van der Waals surface area contributed by atoms with Crippen molar-refractivity contribution in [2.24, 2.45) is 0 Å². The zero-order valence-corrected chi connectivity index (χ0v) is 15.2. The number of rotatable bonds is 17. The first-order valence-electron chi connectivity index (χ1n) is 9.49. The molecule has 0 saturated heterocycles. The van der Waals surface area contributed by atoms with Crippen LogP contribution in [0.15, 0.2) is 0 Å². The Bertz CT molecular complexity index is 279. The summed E-state index contributed by atoms with van der Waals surface area (Å²) in [5, 5.41) is 0. The number of hydrogen-bond acceptors (Lipinski definition) is 4. The Kier molecular flexibility index (Phi) is 16.5. The Morgan fingerprint density at radius 2 is 1.26 bits per heavy atom. The Morgan fingerprint density at radius 1 is 0.826 bits per heavy atom. The summed E-state index contributed by atoms with van der Waals surface area (Å²) in [6.07, 6.45) is 16.3. The quantitative estimate of drug-likeness (QED) is 0.152.